The minimum Gasteiger partial charge on any atom is -0.482 e. The first-order valence-electron chi connectivity index (χ1n) is 5.74. The van der Waals surface area contributed by atoms with Crippen LogP contribution in [0.3, 0.4) is 0 Å². The fourth-order valence-corrected chi connectivity index (χ4v) is 1.28. The zero-order valence-corrected chi connectivity index (χ0v) is 11.0. The van der Waals surface area contributed by atoms with Gasteiger partial charge in [-0.2, -0.15) is 0 Å². The Bertz CT molecular complexity index is 433. The lowest BCUT2D eigenvalue weighted by Crippen LogP contribution is -2.14. The average molecular weight is 267 g/mol. The quantitative estimate of drug-likeness (QED) is 0.752. The van der Waals surface area contributed by atoms with Crippen molar-refractivity contribution in [3.8, 4) is 5.75 Å². The van der Waals surface area contributed by atoms with Crippen molar-refractivity contribution in [1.29, 1.82) is 0 Å². The van der Waals surface area contributed by atoms with Gasteiger partial charge in [-0.15, -0.1) is 0 Å². The van der Waals surface area contributed by atoms with Crippen LogP contribution in [0.1, 0.15) is 6.42 Å². The first kappa shape index (κ1) is 15.0. The second-order valence-corrected chi connectivity index (χ2v) is 3.68. The van der Waals surface area contributed by atoms with Crippen LogP contribution >= 0.6 is 0 Å². The summed E-state index contributed by atoms with van der Waals surface area (Å²) in [4.78, 5) is 22.4. The summed E-state index contributed by atoms with van der Waals surface area (Å²) in [7, 11) is 2.83. The van der Waals surface area contributed by atoms with Gasteiger partial charge in [-0.3, -0.25) is 4.79 Å². The SMILES string of the molecule is COCCC(=O)Nc1cccc(OCC(=O)OC)c1. The van der Waals surface area contributed by atoms with Crippen LogP contribution in [0, 0.1) is 0 Å². The molecule has 0 spiro atoms. The molecule has 0 heterocycles. The molecule has 0 aliphatic heterocycles. The van der Waals surface area contributed by atoms with Gasteiger partial charge in [0.25, 0.3) is 0 Å². The Kier molecular flexibility index (Phi) is 6.38. The van der Waals surface area contributed by atoms with Crippen LogP contribution in [0.4, 0.5) is 5.69 Å². The van der Waals surface area contributed by atoms with E-state index in [1.165, 1.54) is 14.2 Å². The third kappa shape index (κ3) is 5.87. The molecule has 0 radical (unpaired) electrons. The number of hydrogen-bond acceptors (Lipinski definition) is 5. The number of hydrogen-bond donors (Lipinski definition) is 1. The second kappa shape index (κ2) is 8.10. The van der Waals surface area contributed by atoms with Crippen LogP contribution in [0.2, 0.25) is 0 Å². The number of benzene rings is 1. The maximum Gasteiger partial charge on any atom is 0.343 e. The summed E-state index contributed by atoms with van der Waals surface area (Å²) in [5.74, 6) is -0.128. The Morgan fingerprint density at radius 1 is 1.26 bits per heavy atom. The molecule has 104 valence electrons. The molecule has 1 aromatic rings. The lowest BCUT2D eigenvalue weighted by atomic mass is 10.3. The lowest BCUT2D eigenvalue weighted by Gasteiger charge is -2.08. The first-order valence-corrected chi connectivity index (χ1v) is 5.74. The zero-order valence-electron chi connectivity index (χ0n) is 11.0. The van der Waals surface area contributed by atoms with Gasteiger partial charge in [-0.25, -0.2) is 4.79 Å². The largest absolute Gasteiger partial charge is 0.482 e. The molecule has 6 heteroatoms. The molecule has 1 amide bonds. The first-order chi connectivity index (χ1) is 9.15. The smallest absolute Gasteiger partial charge is 0.343 e. The molecule has 0 aromatic heterocycles. The van der Waals surface area contributed by atoms with E-state index in [4.69, 9.17) is 9.47 Å². The minimum atomic E-state index is -0.463. The molecule has 0 atom stereocenters. The molecule has 0 bridgehead atoms. The lowest BCUT2D eigenvalue weighted by molar-refractivity contribution is -0.142. The molecule has 1 rings (SSSR count). The van der Waals surface area contributed by atoms with Crippen LogP contribution in [-0.2, 0) is 19.1 Å². The van der Waals surface area contributed by atoms with E-state index < -0.39 is 5.97 Å². The highest BCUT2D eigenvalue weighted by Gasteiger charge is 2.05. The van der Waals surface area contributed by atoms with Gasteiger partial charge < -0.3 is 19.5 Å². The van der Waals surface area contributed by atoms with Crippen molar-refractivity contribution in [2.45, 2.75) is 6.42 Å². The number of anilines is 1. The van der Waals surface area contributed by atoms with E-state index in [2.05, 4.69) is 10.1 Å². The summed E-state index contributed by atoms with van der Waals surface area (Å²) >= 11 is 0. The second-order valence-electron chi connectivity index (χ2n) is 3.68. The maximum atomic E-state index is 11.5. The van der Waals surface area contributed by atoms with E-state index in [0.717, 1.165) is 0 Å². The number of esters is 1. The number of carbonyl (C=O) groups excluding carboxylic acids is 2. The molecule has 0 saturated heterocycles. The Balaban J connectivity index is 2.51. The van der Waals surface area contributed by atoms with E-state index in [0.29, 0.717) is 18.0 Å². The molecular weight excluding hydrogens is 250 g/mol. The van der Waals surface area contributed by atoms with E-state index in [9.17, 15) is 9.59 Å². The van der Waals surface area contributed by atoms with Gasteiger partial charge in [0.2, 0.25) is 5.91 Å². The summed E-state index contributed by atoms with van der Waals surface area (Å²) in [6, 6.07) is 6.77. The molecule has 0 aliphatic carbocycles. The fraction of sp³-hybridized carbons (Fsp3) is 0.385. The van der Waals surface area contributed by atoms with Crippen LogP contribution in [0.25, 0.3) is 0 Å². The highest BCUT2D eigenvalue weighted by molar-refractivity contribution is 5.90. The van der Waals surface area contributed by atoms with Gasteiger partial charge in [0.1, 0.15) is 5.75 Å². The van der Waals surface area contributed by atoms with Crippen molar-refractivity contribution in [3.63, 3.8) is 0 Å². The Morgan fingerprint density at radius 2 is 2.05 bits per heavy atom. The zero-order chi connectivity index (χ0) is 14.1. The van der Waals surface area contributed by atoms with Crippen molar-refractivity contribution in [3.05, 3.63) is 24.3 Å². The molecule has 6 nitrogen and oxygen atoms in total. The van der Waals surface area contributed by atoms with Crippen molar-refractivity contribution >= 4 is 17.6 Å². The summed E-state index contributed by atoms with van der Waals surface area (Å²) < 4.78 is 14.5. The number of methoxy groups -OCH3 is 2. The standard InChI is InChI=1S/C13H17NO5/c1-17-7-6-12(15)14-10-4-3-5-11(8-10)19-9-13(16)18-2/h3-5,8H,6-7,9H2,1-2H3,(H,14,15). The molecule has 0 fully saturated rings. The fourth-order valence-electron chi connectivity index (χ4n) is 1.28. The predicted octanol–water partition coefficient (Wildman–Crippen LogP) is 1.21. The van der Waals surface area contributed by atoms with Crippen molar-refractivity contribution in [2.24, 2.45) is 0 Å². The number of amides is 1. The Hall–Kier alpha value is -2.08. The Labute approximate surface area is 111 Å². The molecule has 19 heavy (non-hydrogen) atoms. The third-order valence-corrected chi connectivity index (χ3v) is 2.24. The summed E-state index contributed by atoms with van der Waals surface area (Å²) in [5, 5.41) is 2.70. The van der Waals surface area contributed by atoms with Gasteiger partial charge in [-0.1, -0.05) is 6.07 Å². The Morgan fingerprint density at radius 3 is 2.74 bits per heavy atom. The molecule has 1 aromatic carbocycles. The monoisotopic (exact) mass is 267 g/mol. The van der Waals surface area contributed by atoms with Crippen LogP contribution in [0.15, 0.2) is 24.3 Å². The van der Waals surface area contributed by atoms with Crippen molar-refractivity contribution in [1.82, 2.24) is 0 Å². The van der Waals surface area contributed by atoms with Gasteiger partial charge in [-0.05, 0) is 12.1 Å². The molecule has 1 N–H and O–H groups in total. The van der Waals surface area contributed by atoms with E-state index in [1.54, 1.807) is 24.3 Å². The van der Waals surface area contributed by atoms with Crippen LogP contribution < -0.4 is 10.1 Å². The number of carbonyl (C=O) groups is 2. The molecular formula is C13H17NO5. The van der Waals surface area contributed by atoms with Gasteiger partial charge in [0.15, 0.2) is 6.61 Å². The molecule has 0 aliphatic rings. The van der Waals surface area contributed by atoms with E-state index in [1.807, 2.05) is 0 Å². The number of nitrogens with one attached hydrogen (secondary N) is 1. The topological polar surface area (TPSA) is 73.9 Å². The average Bonchev–Trinajstić information content (AvgIpc) is 2.43. The summed E-state index contributed by atoms with van der Waals surface area (Å²) in [5.41, 5.74) is 0.600. The van der Waals surface area contributed by atoms with Crippen LogP contribution in [0.5, 0.6) is 5.75 Å². The highest BCUT2D eigenvalue weighted by Crippen LogP contribution is 2.17. The summed E-state index contributed by atoms with van der Waals surface area (Å²) in [6.45, 7) is 0.196. The number of ether oxygens (including phenoxy) is 3. The third-order valence-electron chi connectivity index (χ3n) is 2.24. The summed E-state index contributed by atoms with van der Waals surface area (Å²) in [6.07, 6.45) is 0.281. The van der Waals surface area contributed by atoms with Gasteiger partial charge in [0, 0.05) is 18.9 Å². The van der Waals surface area contributed by atoms with E-state index in [-0.39, 0.29) is 18.9 Å². The molecule has 0 unspecified atom stereocenters. The van der Waals surface area contributed by atoms with Crippen molar-refractivity contribution in [2.75, 3.05) is 32.8 Å². The van der Waals surface area contributed by atoms with Crippen LogP contribution in [-0.4, -0.2) is 39.3 Å². The molecule has 0 saturated carbocycles. The maximum absolute atomic E-state index is 11.5. The van der Waals surface area contributed by atoms with Crippen molar-refractivity contribution < 1.29 is 23.8 Å². The van der Waals surface area contributed by atoms with E-state index >= 15 is 0 Å². The van der Waals surface area contributed by atoms with Gasteiger partial charge >= 0.3 is 5.97 Å². The normalized spacial score (nSPS) is 9.79. The number of rotatable bonds is 7. The van der Waals surface area contributed by atoms with Gasteiger partial charge in [0.05, 0.1) is 20.1 Å². The minimum absolute atomic E-state index is 0.146. The predicted molar refractivity (Wildman–Crippen MR) is 69.1 cm³/mol. The highest BCUT2D eigenvalue weighted by atomic mass is 16.6.